The molecule has 2 bridgehead atoms. The summed E-state index contributed by atoms with van der Waals surface area (Å²) in [5.41, 5.74) is 2.53. The molecule has 1 aromatic heterocycles. The molecule has 0 saturated carbocycles. The smallest absolute Gasteiger partial charge is 0.300 e. The molecule has 2 fully saturated rings. The summed E-state index contributed by atoms with van der Waals surface area (Å²) in [7, 11) is 0. The van der Waals surface area contributed by atoms with Crippen LogP contribution in [0.1, 0.15) is 44.4 Å². The molecule has 0 aliphatic carbocycles. The van der Waals surface area contributed by atoms with Crippen molar-refractivity contribution < 1.29 is 24.9 Å². The van der Waals surface area contributed by atoms with Gasteiger partial charge in [-0.15, -0.1) is 0 Å². The van der Waals surface area contributed by atoms with Crippen LogP contribution in [0.15, 0.2) is 42.9 Å². The summed E-state index contributed by atoms with van der Waals surface area (Å²) in [6, 6.07) is 11.7. The molecule has 30 heavy (non-hydrogen) atoms. The Morgan fingerprint density at radius 3 is 2.33 bits per heavy atom. The minimum absolute atomic E-state index is 0.0181. The topological polar surface area (TPSA) is 127 Å². The third kappa shape index (κ3) is 6.40. The molecule has 8 heteroatoms. The first-order chi connectivity index (χ1) is 14.3. The predicted octanol–water partition coefficient (Wildman–Crippen LogP) is 2.55. The molecule has 8 nitrogen and oxygen atoms in total. The Morgan fingerprint density at radius 2 is 1.80 bits per heavy atom. The van der Waals surface area contributed by atoms with E-state index in [1.165, 1.54) is 24.1 Å². The second-order valence-electron chi connectivity index (χ2n) is 7.92. The van der Waals surface area contributed by atoms with E-state index in [1.54, 1.807) is 6.33 Å². The van der Waals surface area contributed by atoms with E-state index in [2.05, 4.69) is 45.2 Å². The van der Waals surface area contributed by atoms with Crippen LogP contribution in [0.5, 0.6) is 0 Å². The average Bonchev–Trinajstić information content (AvgIpc) is 3.39. The van der Waals surface area contributed by atoms with Gasteiger partial charge in [-0.3, -0.25) is 14.5 Å². The first kappa shape index (κ1) is 23.6. The summed E-state index contributed by atoms with van der Waals surface area (Å²) < 4.78 is 0. The molecule has 0 amide bonds. The number of aromatic amines is 1. The van der Waals surface area contributed by atoms with Crippen molar-refractivity contribution in [2.45, 2.75) is 58.2 Å². The monoisotopic (exact) mass is 417 g/mol. The first-order valence-corrected chi connectivity index (χ1v) is 10.0. The summed E-state index contributed by atoms with van der Waals surface area (Å²) >= 11 is 0. The Kier molecular flexibility index (Phi) is 8.56. The molecule has 2 aliphatic rings. The maximum atomic E-state index is 10.2. The molecular formula is C22H31N3O5. The molecule has 4 N–H and O–H groups in total. The standard InChI is InChI=1S/C18H23N3O.2C2H4O2/c22-12-18(8-14-4-2-1-3-5-14)9-16-6-7-17(18)21(16)11-15-10-19-13-20-15;2*1-2(3)4/h1-5,10,13,16-17,22H,6-9,11-12H2,(H,19,20);2*1H3,(H,3,4)/t16-,17+,18-;;/m0../s1. The van der Waals surface area contributed by atoms with E-state index in [0.29, 0.717) is 12.1 Å². The van der Waals surface area contributed by atoms with Crippen LogP contribution < -0.4 is 0 Å². The fourth-order valence-corrected chi connectivity index (χ4v) is 4.64. The van der Waals surface area contributed by atoms with E-state index >= 15 is 0 Å². The number of aromatic nitrogens is 2. The molecule has 0 radical (unpaired) electrons. The van der Waals surface area contributed by atoms with Crippen LogP contribution in [0.3, 0.4) is 0 Å². The van der Waals surface area contributed by atoms with Crippen LogP contribution in [0.4, 0.5) is 0 Å². The number of H-pyrrole nitrogens is 1. The summed E-state index contributed by atoms with van der Waals surface area (Å²) in [6.45, 7) is 3.37. The van der Waals surface area contributed by atoms with Crippen LogP contribution in [0.25, 0.3) is 0 Å². The number of aliphatic hydroxyl groups excluding tert-OH is 1. The number of hydrogen-bond donors (Lipinski definition) is 4. The van der Waals surface area contributed by atoms with Crippen molar-refractivity contribution in [1.29, 1.82) is 0 Å². The SMILES string of the molecule is CC(=O)O.CC(=O)O.OC[C@]1(Cc2ccccc2)C[C@@H]2CC[C@H]1N2Cc1cnc[nH]1. The lowest BCUT2D eigenvalue weighted by molar-refractivity contribution is -0.135. The van der Waals surface area contributed by atoms with Crippen molar-refractivity contribution >= 4 is 11.9 Å². The third-order valence-corrected chi connectivity index (χ3v) is 5.61. The molecular weight excluding hydrogens is 386 g/mol. The highest BCUT2D eigenvalue weighted by atomic mass is 16.4. The maximum absolute atomic E-state index is 10.2. The van der Waals surface area contributed by atoms with Gasteiger partial charge < -0.3 is 20.3 Å². The van der Waals surface area contributed by atoms with E-state index in [4.69, 9.17) is 19.8 Å². The van der Waals surface area contributed by atoms with E-state index < -0.39 is 11.9 Å². The van der Waals surface area contributed by atoms with E-state index in [0.717, 1.165) is 33.2 Å². The van der Waals surface area contributed by atoms with E-state index in [-0.39, 0.29) is 12.0 Å². The fraction of sp³-hybridized carbons (Fsp3) is 0.500. The Labute approximate surface area is 176 Å². The van der Waals surface area contributed by atoms with Crippen LogP contribution in [-0.4, -0.2) is 60.8 Å². The fourth-order valence-electron chi connectivity index (χ4n) is 4.64. The number of carboxylic acids is 2. The lowest BCUT2D eigenvalue weighted by atomic mass is 9.70. The zero-order chi connectivity index (χ0) is 22.1. The van der Waals surface area contributed by atoms with E-state index in [9.17, 15) is 5.11 Å². The zero-order valence-corrected chi connectivity index (χ0v) is 17.5. The molecule has 3 atom stereocenters. The normalized spacial score (nSPS) is 24.4. The Balaban J connectivity index is 0.000000347. The second kappa shape index (κ2) is 10.9. The number of imidazole rings is 1. The number of hydrogen-bond acceptors (Lipinski definition) is 5. The molecule has 3 heterocycles. The van der Waals surface area contributed by atoms with Gasteiger partial charge in [-0.2, -0.15) is 0 Å². The molecule has 0 unspecified atom stereocenters. The largest absolute Gasteiger partial charge is 0.481 e. The molecule has 164 valence electrons. The molecule has 4 rings (SSSR count). The van der Waals surface area contributed by atoms with Crippen LogP contribution in [0, 0.1) is 5.41 Å². The van der Waals surface area contributed by atoms with Gasteiger partial charge in [0.1, 0.15) is 0 Å². The van der Waals surface area contributed by atoms with Gasteiger partial charge in [-0.05, 0) is 31.2 Å². The third-order valence-electron chi connectivity index (χ3n) is 5.61. The van der Waals surface area contributed by atoms with Crippen molar-refractivity contribution in [3.8, 4) is 0 Å². The number of fused-ring (bicyclic) bond motifs is 2. The molecule has 1 aromatic carbocycles. The van der Waals surface area contributed by atoms with Crippen molar-refractivity contribution in [1.82, 2.24) is 14.9 Å². The van der Waals surface area contributed by atoms with Gasteiger partial charge in [0.2, 0.25) is 0 Å². The average molecular weight is 418 g/mol. The van der Waals surface area contributed by atoms with Crippen LogP contribution >= 0.6 is 0 Å². The second-order valence-corrected chi connectivity index (χ2v) is 7.92. The number of carbonyl (C=O) groups is 2. The summed E-state index contributed by atoms with van der Waals surface area (Å²) in [5, 5.41) is 25.0. The molecule has 0 spiro atoms. The summed E-state index contributed by atoms with van der Waals surface area (Å²) in [6.07, 6.45) is 8.20. The number of nitrogens with zero attached hydrogens (tertiary/aromatic N) is 2. The van der Waals surface area contributed by atoms with Gasteiger partial charge in [-0.25, -0.2) is 4.98 Å². The highest BCUT2D eigenvalue weighted by molar-refractivity contribution is 5.63. The van der Waals surface area contributed by atoms with Gasteiger partial charge in [0.25, 0.3) is 11.9 Å². The number of carboxylic acid groups (broad SMARTS) is 2. The van der Waals surface area contributed by atoms with Crippen LogP contribution in [-0.2, 0) is 22.6 Å². The van der Waals surface area contributed by atoms with Crippen molar-refractivity contribution in [3.05, 3.63) is 54.1 Å². The Hall–Kier alpha value is -2.71. The van der Waals surface area contributed by atoms with Gasteiger partial charge in [0.15, 0.2) is 0 Å². The summed E-state index contributed by atoms with van der Waals surface area (Å²) in [5.74, 6) is -1.67. The van der Waals surface area contributed by atoms with Crippen LogP contribution in [0.2, 0.25) is 0 Å². The first-order valence-electron chi connectivity index (χ1n) is 10.0. The Bertz CT molecular complexity index is 776. The van der Waals surface area contributed by atoms with Gasteiger partial charge in [-0.1, -0.05) is 30.3 Å². The number of aliphatic hydroxyl groups is 1. The van der Waals surface area contributed by atoms with Crippen molar-refractivity contribution in [2.75, 3.05) is 6.61 Å². The van der Waals surface area contributed by atoms with E-state index in [1.807, 2.05) is 6.20 Å². The quantitative estimate of drug-likeness (QED) is 0.589. The van der Waals surface area contributed by atoms with Crippen molar-refractivity contribution in [2.24, 2.45) is 5.41 Å². The lowest BCUT2D eigenvalue weighted by Gasteiger charge is -2.36. The minimum Gasteiger partial charge on any atom is -0.481 e. The number of rotatable bonds is 5. The highest BCUT2D eigenvalue weighted by Gasteiger charge is 2.55. The Morgan fingerprint density at radius 1 is 1.17 bits per heavy atom. The minimum atomic E-state index is -0.833. The number of benzene rings is 1. The maximum Gasteiger partial charge on any atom is 0.300 e. The summed E-state index contributed by atoms with van der Waals surface area (Å²) in [4.78, 5) is 27.9. The predicted molar refractivity (Wildman–Crippen MR) is 112 cm³/mol. The van der Waals surface area contributed by atoms with Crippen molar-refractivity contribution in [3.63, 3.8) is 0 Å². The molecule has 2 aliphatic heterocycles. The van der Waals surface area contributed by atoms with Gasteiger partial charge in [0.05, 0.1) is 12.9 Å². The molecule has 2 aromatic rings. The lowest BCUT2D eigenvalue weighted by Crippen LogP contribution is -2.41. The van der Waals surface area contributed by atoms with Gasteiger partial charge in [0, 0.05) is 49.8 Å². The number of nitrogens with one attached hydrogen (secondary N) is 1. The van der Waals surface area contributed by atoms with Gasteiger partial charge >= 0.3 is 0 Å². The molecule has 2 saturated heterocycles. The highest BCUT2D eigenvalue weighted by Crippen LogP contribution is 2.51. The zero-order valence-electron chi connectivity index (χ0n) is 17.5. The number of aliphatic carboxylic acids is 2.